The van der Waals surface area contributed by atoms with Gasteiger partial charge in [0.15, 0.2) is 0 Å². The largest absolute Gasteiger partial charge is 0.508 e. The van der Waals surface area contributed by atoms with Crippen molar-refractivity contribution in [1.29, 1.82) is 0 Å². The van der Waals surface area contributed by atoms with Crippen molar-refractivity contribution in [3.8, 4) is 5.75 Å². The molecular weight excluding hydrogens is 428 g/mol. The summed E-state index contributed by atoms with van der Waals surface area (Å²) >= 11 is 0. The summed E-state index contributed by atoms with van der Waals surface area (Å²) in [5, 5.41) is 22.1. The number of rotatable bonds is 5. The Balaban J connectivity index is 1.58. The van der Waals surface area contributed by atoms with Gasteiger partial charge in [0.1, 0.15) is 5.75 Å². The van der Waals surface area contributed by atoms with E-state index in [1.807, 2.05) is 80.6 Å². The summed E-state index contributed by atoms with van der Waals surface area (Å²) in [4.78, 5) is 27.4. The molecule has 3 atom stereocenters. The lowest BCUT2D eigenvalue weighted by atomic mass is 9.73. The second-order valence-electron chi connectivity index (χ2n) is 8.53. The van der Waals surface area contributed by atoms with Crippen LogP contribution in [0.2, 0.25) is 0 Å². The van der Waals surface area contributed by atoms with Crippen LogP contribution in [-0.4, -0.2) is 28.3 Å². The van der Waals surface area contributed by atoms with Gasteiger partial charge in [0.25, 0.3) is 11.8 Å². The van der Waals surface area contributed by atoms with Crippen molar-refractivity contribution in [3.63, 3.8) is 0 Å². The number of para-hydroxylation sites is 2. The van der Waals surface area contributed by atoms with E-state index in [0.717, 1.165) is 0 Å². The van der Waals surface area contributed by atoms with E-state index in [4.69, 9.17) is 0 Å². The normalized spacial score (nSPS) is 21.0. The molecule has 0 spiro atoms. The second-order valence-corrected chi connectivity index (χ2v) is 8.53. The molecule has 0 bridgehead atoms. The zero-order valence-corrected chi connectivity index (χ0v) is 18.9. The average Bonchev–Trinajstić information content (AvgIpc) is 3.31. The molecule has 1 N–H and O–H groups in total. The highest BCUT2D eigenvalue weighted by atomic mass is 16.3. The molecule has 0 radical (unpaired) electrons. The molecule has 1 unspecified atom stereocenters. The number of phenols is 1. The van der Waals surface area contributed by atoms with E-state index >= 15 is 0 Å². The van der Waals surface area contributed by atoms with Crippen molar-refractivity contribution >= 4 is 34.6 Å². The predicted octanol–water partition coefficient (Wildman–Crippen LogP) is 4.55. The van der Waals surface area contributed by atoms with Gasteiger partial charge in [-0.1, -0.05) is 48.5 Å². The smallest absolute Gasteiger partial charge is 0.256 e. The molecule has 0 aliphatic carbocycles. The Morgan fingerprint density at radius 3 is 1.62 bits per heavy atom. The molecule has 0 saturated carbocycles. The summed E-state index contributed by atoms with van der Waals surface area (Å²) in [7, 11) is 0. The Hall–Kier alpha value is -4.26. The number of carbonyl (C=O) groups is 2. The maximum Gasteiger partial charge on any atom is 0.256 e. The van der Waals surface area contributed by atoms with E-state index in [1.54, 1.807) is 18.2 Å². The minimum Gasteiger partial charge on any atom is -0.508 e. The van der Waals surface area contributed by atoms with Gasteiger partial charge in [-0.05, 0) is 55.8 Å². The minimum absolute atomic E-state index is 0.0717. The fourth-order valence-corrected chi connectivity index (χ4v) is 4.80. The number of phenolic OH excluding ortho intramolecular Hbond substituents is 1. The van der Waals surface area contributed by atoms with Crippen LogP contribution in [0.25, 0.3) is 0 Å². The van der Waals surface area contributed by atoms with E-state index in [2.05, 4.69) is 10.2 Å². The molecule has 0 aromatic heterocycles. The quantitative estimate of drug-likeness (QED) is 0.616. The standard InChI is InChI=1S/C27H24N4O3/c1-17-23(26(33)30(28-17)20-11-5-3-6-12-20)25(19-10-9-15-22(32)16-19)24-18(2)29-31(27(24)34)21-13-7-4-8-14-21/h3-16,23-25,32H,1-2H3/t23-,24+,25?. The molecule has 34 heavy (non-hydrogen) atoms. The highest BCUT2D eigenvalue weighted by Crippen LogP contribution is 2.43. The van der Waals surface area contributed by atoms with Crippen LogP contribution in [0.4, 0.5) is 11.4 Å². The number of nitrogens with zero attached hydrogens (tertiary/aromatic N) is 4. The van der Waals surface area contributed by atoms with Crippen LogP contribution >= 0.6 is 0 Å². The zero-order chi connectivity index (χ0) is 23.8. The Bertz CT molecular complexity index is 1220. The Kier molecular flexibility index (Phi) is 5.45. The van der Waals surface area contributed by atoms with Crippen molar-refractivity contribution < 1.29 is 14.7 Å². The summed E-state index contributed by atoms with van der Waals surface area (Å²) in [5.74, 6) is -2.30. The first-order valence-electron chi connectivity index (χ1n) is 11.1. The Labute approximate surface area is 197 Å². The van der Waals surface area contributed by atoms with Crippen LogP contribution in [0.1, 0.15) is 25.3 Å². The van der Waals surface area contributed by atoms with Crippen LogP contribution in [0, 0.1) is 11.8 Å². The van der Waals surface area contributed by atoms with Gasteiger partial charge in [-0.3, -0.25) is 9.59 Å². The Morgan fingerprint density at radius 2 is 1.18 bits per heavy atom. The maximum absolute atomic E-state index is 13.7. The number of aromatic hydroxyl groups is 1. The number of hydrogen-bond acceptors (Lipinski definition) is 5. The fourth-order valence-electron chi connectivity index (χ4n) is 4.80. The predicted molar refractivity (Wildman–Crippen MR) is 132 cm³/mol. The highest BCUT2D eigenvalue weighted by Gasteiger charge is 2.50. The van der Waals surface area contributed by atoms with E-state index in [9.17, 15) is 14.7 Å². The van der Waals surface area contributed by atoms with Crippen molar-refractivity contribution in [2.75, 3.05) is 10.0 Å². The summed E-state index contributed by atoms with van der Waals surface area (Å²) in [5.41, 5.74) is 3.24. The molecule has 170 valence electrons. The van der Waals surface area contributed by atoms with Gasteiger partial charge in [-0.2, -0.15) is 10.2 Å². The Morgan fingerprint density at radius 1 is 0.706 bits per heavy atom. The molecular formula is C27H24N4O3. The zero-order valence-electron chi connectivity index (χ0n) is 18.9. The average molecular weight is 453 g/mol. The maximum atomic E-state index is 13.7. The van der Waals surface area contributed by atoms with Crippen LogP contribution in [0.15, 0.2) is 95.1 Å². The number of hydrazone groups is 2. The van der Waals surface area contributed by atoms with Crippen molar-refractivity contribution in [3.05, 3.63) is 90.5 Å². The van der Waals surface area contributed by atoms with Crippen molar-refractivity contribution in [2.45, 2.75) is 19.8 Å². The molecule has 0 saturated heterocycles. The van der Waals surface area contributed by atoms with Gasteiger partial charge < -0.3 is 5.11 Å². The summed E-state index contributed by atoms with van der Waals surface area (Å²) in [6.45, 7) is 3.62. The first-order valence-corrected chi connectivity index (χ1v) is 11.1. The topological polar surface area (TPSA) is 85.6 Å². The summed E-state index contributed by atoms with van der Waals surface area (Å²) in [6.07, 6.45) is 0. The molecule has 2 aliphatic heterocycles. The molecule has 2 heterocycles. The van der Waals surface area contributed by atoms with Gasteiger partial charge >= 0.3 is 0 Å². The van der Waals surface area contributed by atoms with Gasteiger partial charge in [0.2, 0.25) is 0 Å². The lowest BCUT2D eigenvalue weighted by Gasteiger charge is -2.28. The first kappa shape index (κ1) is 21.6. The molecule has 2 aliphatic rings. The monoisotopic (exact) mass is 452 g/mol. The fraction of sp³-hybridized carbons (Fsp3) is 0.185. The van der Waals surface area contributed by atoms with E-state index in [0.29, 0.717) is 28.4 Å². The molecule has 2 amide bonds. The highest BCUT2D eigenvalue weighted by molar-refractivity contribution is 6.19. The van der Waals surface area contributed by atoms with E-state index in [-0.39, 0.29) is 17.6 Å². The molecule has 7 heteroatoms. The van der Waals surface area contributed by atoms with Gasteiger partial charge in [-0.25, -0.2) is 10.0 Å². The summed E-state index contributed by atoms with van der Waals surface area (Å²) in [6, 6.07) is 25.2. The van der Waals surface area contributed by atoms with Crippen LogP contribution < -0.4 is 10.0 Å². The number of amides is 2. The molecule has 7 nitrogen and oxygen atoms in total. The SMILES string of the molecule is CC1=NN(c2ccccc2)C(=O)[C@H]1C(c1cccc(O)c1)[C@H]1C(=O)N(c2ccccc2)N=C1C. The summed E-state index contributed by atoms with van der Waals surface area (Å²) < 4.78 is 0. The third-order valence-corrected chi connectivity index (χ3v) is 6.34. The second kappa shape index (κ2) is 8.59. The molecule has 3 aromatic rings. The van der Waals surface area contributed by atoms with Crippen molar-refractivity contribution in [2.24, 2.45) is 22.0 Å². The number of anilines is 2. The van der Waals surface area contributed by atoms with Crippen LogP contribution in [-0.2, 0) is 9.59 Å². The minimum atomic E-state index is -0.683. The number of hydrogen-bond donors (Lipinski definition) is 1. The van der Waals surface area contributed by atoms with Crippen molar-refractivity contribution in [1.82, 2.24) is 0 Å². The van der Waals surface area contributed by atoms with Gasteiger partial charge in [-0.15, -0.1) is 0 Å². The van der Waals surface area contributed by atoms with E-state index < -0.39 is 17.8 Å². The third-order valence-electron chi connectivity index (χ3n) is 6.34. The third kappa shape index (κ3) is 3.65. The van der Waals surface area contributed by atoms with Crippen LogP contribution in [0.3, 0.4) is 0 Å². The molecule has 0 fully saturated rings. The molecule has 3 aromatic carbocycles. The van der Waals surface area contributed by atoms with Crippen LogP contribution in [0.5, 0.6) is 5.75 Å². The number of carbonyl (C=O) groups excluding carboxylic acids is 2. The molecule has 5 rings (SSSR count). The van der Waals surface area contributed by atoms with Gasteiger partial charge in [0, 0.05) is 17.3 Å². The lowest BCUT2D eigenvalue weighted by molar-refractivity contribution is -0.122. The first-order chi connectivity index (χ1) is 16.5. The van der Waals surface area contributed by atoms with E-state index in [1.165, 1.54) is 10.0 Å². The van der Waals surface area contributed by atoms with Gasteiger partial charge in [0.05, 0.1) is 23.2 Å². The lowest BCUT2D eigenvalue weighted by Crippen LogP contribution is -2.40. The number of benzene rings is 3.